The predicted molar refractivity (Wildman–Crippen MR) is 61.6 cm³/mol. The van der Waals surface area contributed by atoms with E-state index in [1.165, 1.54) is 10.7 Å². The van der Waals surface area contributed by atoms with E-state index < -0.39 is 5.97 Å². The molecule has 0 saturated heterocycles. The van der Waals surface area contributed by atoms with Crippen LogP contribution in [-0.2, 0) is 0 Å². The van der Waals surface area contributed by atoms with Gasteiger partial charge < -0.3 is 10.1 Å². The normalized spacial score (nSPS) is 11.3. The molecule has 0 amide bonds. The summed E-state index contributed by atoms with van der Waals surface area (Å²) in [6.07, 6.45) is 1.24. The highest BCUT2D eigenvalue weighted by Gasteiger charge is 2.18. The van der Waals surface area contributed by atoms with Crippen LogP contribution in [0.5, 0.6) is 0 Å². The smallest absolute Gasteiger partial charge is 0.341 e. The first-order chi connectivity index (χ1) is 7.93. The lowest BCUT2D eigenvalue weighted by atomic mass is 10.0. The Labute approximate surface area is 96.9 Å². The quantitative estimate of drug-likeness (QED) is 0.817. The molecule has 0 fully saturated rings. The predicted octanol–water partition coefficient (Wildman–Crippen LogP) is 1.15. The standard InChI is InChI=1S/C11H13N3O3/c1-5(2)8-6(3)14-9(13-10(8)15)7(4-12-14)11(16)17/h4-5H,1-3H3,(H,13,15)(H,16,17). The zero-order valence-corrected chi connectivity index (χ0v) is 9.81. The second kappa shape index (κ2) is 3.73. The van der Waals surface area contributed by atoms with Gasteiger partial charge >= 0.3 is 5.97 Å². The van der Waals surface area contributed by atoms with Crippen molar-refractivity contribution in [3.05, 3.63) is 33.4 Å². The Balaban J connectivity index is 2.88. The van der Waals surface area contributed by atoms with Crippen LogP contribution in [0.15, 0.2) is 11.0 Å². The number of carbonyl (C=O) groups is 1. The van der Waals surface area contributed by atoms with Gasteiger partial charge in [0.1, 0.15) is 5.56 Å². The van der Waals surface area contributed by atoms with Gasteiger partial charge in [-0.25, -0.2) is 9.31 Å². The summed E-state index contributed by atoms with van der Waals surface area (Å²) in [7, 11) is 0. The lowest BCUT2D eigenvalue weighted by Crippen LogP contribution is -2.20. The third kappa shape index (κ3) is 1.61. The molecule has 0 spiro atoms. The fourth-order valence-electron chi connectivity index (χ4n) is 2.01. The molecule has 90 valence electrons. The molecule has 6 heteroatoms. The Morgan fingerprint density at radius 3 is 2.71 bits per heavy atom. The molecule has 0 radical (unpaired) electrons. The zero-order valence-electron chi connectivity index (χ0n) is 9.81. The number of H-pyrrole nitrogens is 1. The number of aryl methyl sites for hydroxylation is 1. The molecule has 2 aromatic rings. The van der Waals surface area contributed by atoms with Gasteiger partial charge in [0, 0.05) is 5.56 Å². The molecule has 17 heavy (non-hydrogen) atoms. The van der Waals surface area contributed by atoms with Crippen molar-refractivity contribution < 1.29 is 9.90 Å². The van der Waals surface area contributed by atoms with Gasteiger partial charge in [-0.3, -0.25) is 4.79 Å². The van der Waals surface area contributed by atoms with Crippen molar-refractivity contribution in [2.45, 2.75) is 26.7 Å². The summed E-state index contributed by atoms with van der Waals surface area (Å²) >= 11 is 0. The lowest BCUT2D eigenvalue weighted by Gasteiger charge is -2.09. The fraction of sp³-hybridized carbons (Fsp3) is 0.364. The van der Waals surface area contributed by atoms with Crippen molar-refractivity contribution in [1.82, 2.24) is 14.6 Å². The molecule has 0 aliphatic carbocycles. The maximum Gasteiger partial charge on any atom is 0.341 e. The molecule has 0 aliphatic heterocycles. The number of rotatable bonds is 2. The highest BCUT2D eigenvalue weighted by molar-refractivity contribution is 5.94. The number of hydrogen-bond donors (Lipinski definition) is 2. The maximum absolute atomic E-state index is 11.9. The van der Waals surface area contributed by atoms with Crippen LogP contribution in [0.3, 0.4) is 0 Å². The minimum atomic E-state index is -1.10. The maximum atomic E-state index is 11.9. The Morgan fingerprint density at radius 1 is 1.53 bits per heavy atom. The van der Waals surface area contributed by atoms with Gasteiger partial charge in [-0.15, -0.1) is 0 Å². The molecule has 2 aromatic heterocycles. The molecule has 2 rings (SSSR count). The average molecular weight is 235 g/mol. The summed E-state index contributed by atoms with van der Waals surface area (Å²) < 4.78 is 1.46. The number of aromatic amines is 1. The first-order valence-corrected chi connectivity index (χ1v) is 5.27. The van der Waals surface area contributed by atoms with Crippen molar-refractivity contribution in [1.29, 1.82) is 0 Å². The van der Waals surface area contributed by atoms with E-state index in [1.54, 1.807) is 6.92 Å². The van der Waals surface area contributed by atoms with Gasteiger partial charge in [0.25, 0.3) is 5.56 Å². The second-order valence-electron chi connectivity index (χ2n) is 4.23. The Kier molecular flexibility index (Phi) is 2.49. The molecule has 0 atom stereocenters. The zero-order chi connectivity index (χ0) is 12.7. The van der Waals surface area contributed by atoms with Crippen LogP contribution in [0.1, 0.15) is 41.4 Å². The third-order valence-electron chi connectivity index (χ3n) is 2.76. The first-order valence-electron chi connectivity index (χ1n) is 5.27. The number of carboxylic acid groups (broad SMARTS) is 1. The Bertz CT molecular complexity index is 652. The molecule has 0 aromatic carbocycles. The van der Waals surface area contributed by atoms with Crippen LogP contribution in [0.25, 0.3) is 5.65 Å². The van der Waals surface area contributed by atoms with Crippen molar-refractivity contribution in [2.24, 2.45) is 0 Å². The van der Waals surface area contributed by atoms with E-state index in [9.17, 15) is 9.59 Å². The monoisotopic (exact) mass is 235 g/mol. The minimum Gasteiger partial charge on any atom is -0.477 e. The van der Waals surface area contributed by atoms with E-state index in [-0.39, 0.29) is 22.7 Å². The Hall–Kier alpha value is -2.11. The number of carboxylic acids is 1. The molecule has 0 saturated carbocycles. The summed E-state index contributed by atoms with van der Waals surface area (Å²) in [5.74, 6) is -1.05. The van der Waals surface area contributed by atoms with E-state index >= 15 is 0 Å². The van der Waals surface area contributed by atoms with Crippen molar-refractivity contribution in [3.8, 4) is 0 Å². The lowest BCUT2D eigenvalue weighted by molar-refractivity contribution is 0.0699. The largest absolute Gasteiger partial charge is 0.477 e. The van der Waals surface area contributed by atoms with Crippen LogP contribution in [0.4, 0.5) is 0 Å². The van der Waals surface area contributed by atoms with Crippen LogP contribution >= 0.6 is 0 Å². The van der Waals surface area contributed by atoms with Crippen LogP contribution in [0.2, 0.25) is 0 Å². The molecule has 0 unspecified atom stereocenters. The van der Waals surface area contributed by atoms with E-state index in [1.807, 2.05) is 13.8 Å². The van der Waals surface area contributed by atoms with Crippen LogP contribution in [0, 0.1) is 6.92 Å². The summed E-state index contributed by atoms with van der Waals surface area (Å²) in [6, 6.07) is 0. The highest BCUT2D eigenvalue weighted by atomic mass is 16.4. The third-order valence-corrected chi connectivity index (χ3v) is 2.76. The first kappa shape index (κ1) is 11.4. The summed E-state index contributed by atoms with van der Waals surface area (Å²) in [6.45, 7) is 5.58. The number of nitrogens with zero attached hydrogens (tertiary/aromatic N) is 2. The van der Waals surface area contributed by atoms with Gasteiger partial charge in [-0.1, -0.05) is 13.8 Å². The number of aromatic nitrogens is 3. The second-order valence-corrected chi connectivity index (χ2v) is 4.23. The number of hydrogen-bond acceptors (Lipinski definition) is 3. The molecule has 2 N–H and O–H groups in total. The average Bonchev–Trinajstić information content (AvgIpc) is 2.60. The van der Waals surface area contributed by atoms with Crippen molar-refractivity contribution >= 4 is 11.6 Å². The van der Waals surface area contributed by atoms with E-state index in [2.05, 4.69) is 10.1 Å². The van der Waals surface area contributed by atoms with Gasteiger partial charge in [0.2, 0.25) is 0 Å². The number of fused-ring (bicyclic) bond motifs is 1. The van der Waals surface area contributed by atoms with E-state index in [4.69, 9.17) is 5.11 Å². The van der Waals surface area contributed by atoms with Gasteiger partial charge in [-0.2, -0.15) is 5.10 Å². The van der Waals surface area contributed by atoms with Gasteiger partial charge in [0.15, 0.2) is 5.65 Å². The van der Waals surface area contributed by atoms with Gasteiger partial charge in [0.05, 0.1) is 11.9 Å². The SMILES string of the molecule is Cc1c(C(C)C)c(=O)[nH]c2c(C(=O)O)cnn12. The molecular weight excluding hydrogens is 222 g/mol. The topological polar surface area (TPSA) is 87.5 Å². The van der Waals surface area contributed by atoms with E-state index in [0.717, 1.165) is 0 Å². The van der Waals surface area contributed by atoms with Crippen molar-refractivity contribution in [2.75, 3.05) is 0 Å². The summed E-state index contributed by atoms with van der Waals surface area (Å²) in [5, 5.41) is 12.9. The molecule has 2 heterocycles. The highest BCUT2D eigenvalue weighted by Crippen LogP contribution is 2.16. The summed E-state index contributed by atoms with van der Waals surface area (Å²) in [4.78, 5) is 25.4. The molecule has 6 nitrogen and oxygen atoms in total. The molecular formula is C11H13N3O3. The molecule has 0 bridgehead atoms. The Morgan fingerprint density at radius 2 is 2.18 bits per heavy atom. The van der Waals surface area contributed by atoms with Gasteiger partial charge in [-0.05, 0) is 12.8 Å². The minimum absolute atomic E-state index is 0.000469. The number of nitrogens with one attached hydrogen (secondary N) is 1. The number of aromatic carboxylic acids is 1. The van der Waals surface area contributed by atoms with E-state index in [0.29, 0.717) is 11.3 Å². The summed E-state index contributed by atoms with van der Waals surface area (Å²) in [5.41, 5.74) is 1.27. The van der Waals surface area contributed by atoms with Crippen LogP contribution in [-0.4, -0.2) is 25.7 Å². The fourth-order valence-corrected chi connectivity index (χ4v) is 2.01. The van der Waals surface area contributed by atoms with Crippen LogP contribution < -0.4 is 5.56 Å². The van der Waals surface area contributed by atoms with Crippen molar-refractivity contribution in [3.63, 3.8) is 0 Å². The molecule has 0 aliphatic rings.